The lowest BCUT2D eigenvalue weighted by Gasteiger charge is -2.29. The Bertz CT molecular complexity index is 660. The van der Waals surface area contributed by atoms with Gasteiger partial charge in [0.15, 0.2) is 0 Å². The molecule has 0 aromatic carbocycles. The summed E-state index contributed by atoms with van der Waals surface area (Å²) in [6.07, 6.45) is 1.62. The number of aromatic nitrogens is 1. The van der Waals surface area contributed by atoms with Crippen LogP contribution in [-0.4, -0.2) is 25.1 Å². The normalized spacial score (nSPS) is 12.5. The highest BCUT2D eigenvalue weighted by molar-refractivity contribution is 5.74. The van der Waals surface area contributed by atoms with Crippen LogP contribution >= 0.6 is 0 Å². The minimum Gasteiger partial charge on any atom is -0.467 e. The van der Waals surface area contributed by atoms with Crippen molar-refractivity contribution >= 4 is 11.8 Å². The van der Waals surface area contributed by atoms with Crippen molar-refractivity contribution in [3.8, 4) is 0 Å². The van der Waals surface area contributed by atoms with E-state index in [-0.39, 0.29) is 17.5 Å². The lowest BCUT2D eigenvalue weighted by molar-refractivity contribution is 0.207. The quantitative estimate of drug-likeness (QED) is 0.882. The van der Waals surface area contributed by atoms with Crippen LogP contribution in [0, 0.1) is 5.41 Å². The summed E-state index contributed by atoms with van der Waals surface area (Å²) in [5.74, 6) is 1.60. The van der Waals surface area contributed by atoms with Gasteiger partial charge in [-0.1, -0.05) is 26.8 Å². The number of anilines is 1. The van der Waals surface area contributed by atoms with Gasteiger partial charge in [-0.3, -0.25) is 0 Å². The summed E-state index contributed by atoms with van der Waals surface area (Å²) in [5, 5.41) is 5.84. The number of hydrogen-bond donors (Lipinski definition) is 2. The molecule has 1 atom stereocenters. The van der Waals surface area contributed by atoms with E-state index in [1.54, 1.807) is 6.26 Å². The maximum atomic E-state index is 12.3. The van der Waals surface area contributed by atoms with Crippen molar-refractivity contribution in [2.24, 2.45) is 5.41 Å². The second-order valence-electron chi connectivity index (χ2n) is 7.02. The Kier molecular flexibility index (Phi) is 5.49. The molecule has 0 aliphatic heterocycles. The number of nitrogens with zero attached hydrogens (tertiary/aromatic N) is 2. The number of carbonyl (C=O) groups excluding carboxylic acids is 1. The van der Waals surface area contributed by atoms with Gasteiger partial charge in [0.05, 0.1) is 24.5 Å². The number of furan rings is 1. The fraction of sp³-hybridized carbons (Fsp3) is 0.444. The monoisotopic (exact) mass is 330 g/mol. The van der Waals surface area contributed by atoms with E-state index in [2.05, 4.69) is 36.4 Å². The molecule has 0 bridgehead atoms. The van der Waals surface area contributed by atoms with Crippen molar-refractivity contribution in [1.29, 1.82) is 0 Å². The summed E-state index contributed by atoms with van der Waals surface area (Å²) in [4.78, 5) is 18.7. The standard InChI is InChI=1S/C18H26N4O2/c1-18(2,3)16(14-9-7-11-24-14)21-17(23)19-12-13-8-6-10-15(20-13)22(4)5/h6-11,16H,12H2,1-5H3,(H2,19,21,23)/t16-/m0/s1. The van der Waals surface area contributed by atoms with Crippen molar-refractivity contribution < 1.29 is 9.21 Å². The SMILES string of the molecule is CN(C)c1cccc(CNC(=O)N[C@@H](c2ccco2)C(C)(C)C)n1. The van der Waals surface area contributed by atoms with Crippen LogP contribution in [0.4, 0.5) is 10.6 Å². The lowest BCUT2D eigenvalue weighted by Crippen LogP contribution is -2.42. The highest BCUT2D eigenvalue weighted by Crippen LogP contribution is 2.32. The van der Waals surface area contributed by atoms with Crippen molar-refractivity contribution in [3.63, 3.8) is 0 Å². The second-order valence-corrected chi connectivity index (χ2v) is 7.02. The highest BCUT2D eigenvalue weighted by Gasteiger charge is 2.29. The van der Waals surface area contributed by atoms with Crippen LogP contribution in [0.15, 0.2) is 41.0 Å². The smallest absolute Gasteiger partial charge is 0.315 e. The third-order valence-electron chi connectivity index (χ3n) is 3.65. The molecule has 0 aliphatic rings. The Morgan fingerprint density at radius 1 is 1.25 bits per heavy atom. The van der Waals surface area contributed by atoms with Gasteiger partial charge >= 0.3 is 6.03 Å². The maximum absolute atomic E-state index is 12.3. The summed E-state index contributed by atoms with van der Waals surface area (Å²) in [6, 6.07) is 8.98. The molecule has 0 radical (unpaired) electrons. The topological polar surface area (TPSA) is 70.4 Å². The summed E-state index contributed by atoms with van der Waals surface area (Å²) < 4.78 is 5.47. The average Bonchev–Trinajstić information content (AvgIpc) is 3.03. The molecule has 0 fully saturated rings. The third kappa shape index (κ3) is 4.75. The lowest BCUT2D eigenvalue weighted by atomic mass is 9.85. The Balaban J connectivity index is 1.98. The van der Waals surface area contributed by atoms with Gasteiger partial charge < -0.3 is 20.0 Å². The Morgan fingerprint density at radius 2 is 2.00 bits per heavy atom. The van der Waals surface area contributed by atoms with Crippen LogP contribution in [0.5, 0.6) is 0 Å². The van der Waals surface area contributed by atoms with Crippen molar-refractivity contribution in [2.45, 2.75) is 33.4 Å². The van der Waals surface area contributed by atoms with Crippen molar-refractivity contribution in [2.75, 3.05) is 19.0 Å². The van der Waals surface area contributed by atoms with Crippen LogP contribution in [0.25, 0.3) is 0 Å². The summed E-state index contributed by atoms with van der Waals surface area (Å²) >= 11 is 0. The van der Waals surface area contributed by atoms with E-state index in [0.29, 0.717) is 6.54 Å². The zero-order valence-corrected chi connectivity index (χ0v) is 15.0. The summed E-state index contributed by atoms with van der Waals surface area (Å²) in [5.41, 5.74) is 0.639. The first kappa shape index (κ1) is 17.8. The molecule has 24 heavy (non-hydrogen) atoms. The molecule has 130 valence electrons. The van der Waals surface area contributed by atoms with Crippen LogP contribution < -0.4 is 15.5 Å². The van der Waals surface area contributed by atoms with E-state index in [4.69, 9.17) is 4.42 Å². The third-order valence-corrected chi connectivity index (χ3v) is 3.65. The molecule has 2 rings (SSSR count). The Hall–Kier alpha value is -2.50. The zero-order valence-electron chi connectivity index (χ0n) is 15.0. The minimum atomic E-state index is -0.247. The number of rotatable bonds is 5. The minimum absolute atomic E-state index is 0.168. The van der Waals surface area contributed by atoms with E-state index >= 15 is 0 Å². The molecule has 0 saturated heterocycles. The fourth-order valence-corrected chi connectivity index (χ4v) is 2.34. The van der Waals surface area contributed by atoms with Gasteiger partial charge in [0, 0.05) is 14.1 Å². The van der Waals surface area contributed by atoms with E-state index < -0.39 is 0 Å². The molecule has 2 aromatic heterocycles. The fourth-order valence-electron chi connectivity index (χ4n) is 2.34. The highest BCUT2D eigenvalue weighted by atomic mass is 16.3. The van der Waals surface area contributed by atoms with Gasteiger partial charge in [0.2, 0.25) is 0 Å². The molecule has 2 heterocycles. The molecule has 2 N–H and O–H groups in total. The van der Waals surface area contributed by atoms with Crippen LogP contribution in [0.2, 0.25) is 0 Å². The molecule has 0 aliphatic carbocycles. The number of hydrogen-bond acceptors (Lipinski definition) is 4. The van der Waals surface area contributed by atoms with Gasteiger partial charge in [-0.2, -0.15) is 0 Å². The Morgan fingerprint density at radius 3 is 2.58 bits per heavy atom. The predicted octanol–water partition coefficient (Wildman–Crippen LogP) is 3.33. The van der Waals surface area contributed by atoms with Gasteiger partial charge in [-0.15, -0.1) is 0 Å². The second kappa shape index (κ2) is 7.38. The molecule has 0 unspecified atom stereocenters. The molecular formula is C18H26N4O2. The molecule has 2 aromatic rings. The van der Waals surface area contributed by atoms with E-state index in [1.165, 1.54) is 0 Å². The van der Waals surface area contributed by atoms with Crippen molar-refractivity contribution in [1.82, 2.24) is 15.6 Å². The van der Waals surface area contributed by atoms with E-state index in [9.17, 15) is 4.79 Å². The number of amides is 2. The van der Waals surface area contributed by atoms with Crippen LogP contribution in [-0.2, 0) is 6.54 Å². The molecular weight excluding hydrogens is 304 g/mol. The average molecular weight is 330 g/mol. The van der Waals surface area contributed by atoms with Gasteiger partial charge in [-0.25, -0.2) is 9.78 Å². The molecule has 6 heteroatoms. The summed E-state index contributed by atoms with van der Waals surface area (Å²) in [7, 11) is 3.87. The van der Waals surface area contributed by atoms with Gasteiger partial charge in [0.1, 0.15) is 11.6 Å². The maximum Gasteiger partial charge on any atom is 0.315 e. The first-order valence-corrected chi connectivity index (χ1v) is 7.98. The van der Waals surface area contributed by atoms with Crippen LogP contribution in [0.3, 0.4) is 0 Å². The van der Waals surface area contributed by atoms with E-state index in [1.807, 2.05) is 49.3 Å². The van der Waals surface area contributed by atoms with Crippen molar-refractivity contribution in [3.05, 3.63) is 48.0 Å². The summed E-state index contributed by atoms with van der Waals surface area (Å²) in [6.45, 7) is 6.54. The Labute approximate surface area is 143 Å². The molecule has 0 saturated carbocycles. The number of nitrogens with one attached hydrogen (secondary N) is 2. The number of pyridine rings is 1. The zero-order chi connectivity index (χ0) is 17.7. The van der Waals surface area contributed by atoms with Crippen LogP contribution in [0.1, 0.15) is 38.3 Å². The largest absolute Gasteiger partial charge is 0.467 e. The number of urea groups is 1. The predicted molar refractivity (Wildman–Crippen MR) is 94.8 cm³/mol. The number of carbonyl (C=O) groups is 1. The molecule has 6 nitrogen and oxygen atoms in total. The first-order chi connectivity index (χ1) is 11.3. The first-order valence-electron chi connectivity index (χ1n) is 7.98. The van der Waals surface area contributed by atoms with Gasteiger partial charge in [-0.05, 0) is 29.7 Å². The molecule has 0 spiro atoms. The molecule has 2 amide bonds. The van der Waals surface area contributed by atoms with E-state index in [0.717, 1.165) is 17.3 Å². The van der Waals surface area contributed by atoms with Gasteiger partial charge in [0.25, 0.3) is 0 Å².